The van der Waals surface area contributed by atoms with E-state index in [0.29, 0.717) is 11.3 Å². The summed E-state index contributed by atoms with van der Waals surface area (Å²) in [6, 6.07) is 3.93. The van der Waals surface area contributed by atoms with Crippen molar-refractivity contribution in [2.24, 2.45) is 0 Å². The highest BCUT2D eigenvalue weighted by molar-refractivity contribution is 7.85. The van der Waals surface area contributed by atoms with E-state index in [0.717, 1.165) is 30.6 Å². The van der Waals surface area contributed by atoms with Crippen LogP contribution in [-0.4, -0.2) is 34.2 Å². The second kappa shape index (κ2) is 6.64. The molecule has 3 nitrogen and oxygen atoms in total. The molecular formula is C16H22O3S. The second-order valence-corrected chi connectivity index (χ2v) is 7.06. The molecule has 0 aliphatic carbocycles. The van der Waals surface area contributed by atoms with Gasteiger partial charge in [0, 0.05) is 23.0 Å². The van der Waals surface area contributed by atoms with Crippen molar-refractivity contribution in [1.82, 2.24) is 0 Å². The highest BCUT2D eigenvalue weighted by Crippen LogP contribution is 2.17. The zero-order valence-electron chi connectivity index (χ0n) is 12.4. The summed E-state index contributed by atoms with van der Waals surface area (Å²) < 4.78 is 17.5. The molecule has 1 aliphatic heterocycles. The molecule has 1 saturated heterocycles. The number of hydrogen-bond acceptors (Lipinski definition) is 3. The fraction of sp³-hybridized carbons (Fsp3) is 0.562. The molecule has 0 N–H and O–H groups in total. The summed E-state index contributed by atoms with van der Waals surface area (Å²) in [5.74, 6) is 0.556. The van der Waals surface area contributed by atoms with E-state index in [4.69, 9.17) is 4.74 Å². The number of aryl methyl sites for hydroxylation is 3. The fourth-order valence-electron chi connectivity index (χ4n) is 2.53. The normalized spacial score (nSPS) is 20.1. The molecule has 0 spiro atoms. The van der Waals surface area contributed by atoms with Crippen molar-refractivity contribution in [3.63, 3.8) is 0 Å². The van der Waals surface area contributed by atoms with E-state index in [2.05, 4.69) is 0 Å². The Kier molecular flexibility index (Phi) is 5.11. The predicted molar refractivity (Wildman–Crippen MR) is 81.8 cm³/mol. The average Bonchev–Trinajstić information content (AvgIpc) is 2.86. The molecule has 0 bridgehead atoms. The van der Waals surface area contributed by atoms with Gasteiger partial charge in [-0.2, -0.15) is 0 Å². The van der Waals surface area contributed by atoms with Gasteiger partial charge in [-0.15, -0.1) is 0 Å². The van der Waals surface area contributed by atoms with Crippen molar-refractivity contribution in [3.05, 3.63) is 34.4 Å². The molecule has 4 heteroatoms. The van der Waals surface area contributed by atoms with E-state index in [1.54, 1.807) is 0 Å². The van der Waals surface area contributed by atoms with Gasteiger partial charge in [0.15, 0.2) is 5.78 Å². The molecular weight excluding hydrogens is 272 g/mol. The van der Waals surface area contributed by atoms with E-state index in [1.807, 2.05) is 32.9 Å². The van der Waals surface area contributed by atoms with Crippen LogP contribution in [0.5, 0.6) is 0 Å². The molecule has 1 aromatic rings. The second-order valence-electron chi connectivity index (χ2n) is 5.56. The van der Waals surface area contributed by atoms with Crippen LogP contribution < -0.4 is 0 Å². The first-order chi connectivity index (χ1) is 9.47. The van der Waals surface area contributed by atoms with Gasteiger partial charge in [-0.05, 0) is 56.4 Å². The molecule has 2 atom stereocenters. The van der Waals surface area contributed by atoms with E-state index in [1.165, 1.54) is 5.56 Å². The Morgan fingerprint density at radius 2 is 1.95 bits per heavy atom. The molecule has 0 saturated carbocycles. The number of carbonyl (C=O) groups is 1. The first-order valence-electron chi connectivity index (χ1n) is 7.05. The number of benzene rings is 1. The van der Waals surface area contributed by atoms with Gasteiger partial charge < -0.3 is 4.74 Å². The van der Waals surface area contributed by atoms with Gasteiger partial charge in [0.1, 0.15) is 0 Å². The number of Topliss-reactive ketones (excluding diaryl/α,β-unsaturated/α-hetero) is 1. The Morgan fingerprint density at radius 1 is 1.25 bits per heavy atom. The summed E-state index contributed by atoms with van der Waals surface area (Å²) in [4.78, 5) is 12.3. The first-order valence-corrected chi connectivity index (χ1v) is 8.54. The maximum atomic E-state index is 12.3. The molecule has 0 amide bonds. The molecule has 110 valence electrons. The summed E-state index contributed by atoms with van der Waals surface area (Å²) in [6.07, 6.45) is 2.07. The lowest BCUT2D eigenvalue weighted by molar-refractivity contribution is 0.102. The number of carbonyl (C=O) groups excluding carboxylic acids is 1. The summed E-state index contributed by atoms with van der Waals surface area (Å²) in [5.41, 5.74) is 3.95. The lowest BCUT2D eigenvalue weighted by atomic mass is 9.99. The molecule has 1 heterocycles. The lowest BCUT2D eigenvalue weighted by Gasteiger charge is -2.11. The van der Waals surface area contributed by atoms with Gasteiger partial charge in [0.05, 0.1) is 17.6 Å². The maximum absolute atomic E-state index is 12.3. The van der Waals surface area contributed by atoms with E-state index in [-0.39, 0.29) is 17.6 Å². The summed E-state index contributed by atoms with van der Waals surface area (Å²) in [5, 5.41) is 0. The van der Waals surface area contributed by atoms with Gasteiger partial charge in [-0.1, -0.05) is 6.07 Å². The zero-order chi connectivity index (χ0) is 14.7. The van der Waals surface area contributed by atoms with Crippen molar-refractivity contribution < 1.29 is 13.7 Å². The summed E-state index contributed by atoms with van der Waals surface area (Å²) in [7, 11) is -1.14. The number of ketones is 1. The third kappa shape index (κ3) is 3.76. The van der Waals surface area contributed by atoms with E-state index < -0.39 is 10.8 Å². The van der Waals surface area contributed by atoms with Gasteiger partial charge in [-0.3, -0.25) is 9.00 Å². The largest absolute Gasteiger partial charge is 0.377 e. The average molecular weight is 294 g/mol. The van der Waals surface area contributed by atoms with Crippen molar-refractivity contribution in [2.45, 2.75) is 39.7 Å². The molecule has 1 aromatic carbocycles. The van der Waals surface area contributed by atoms with E-state index >= 15 is 0 Å². The van der Waals surface area contributed by atoms with Crippen LogP contribution >= 0.6 is 0 Å². The van der Waals surface area contributed by atoms with Gasteiger partial charge in [0.25, 0.3) is 0 Å². The van der Waals surface area contributed by atoms with Crippen LogP contribution in [0.15, 0.2) is 12.1 Å². The van der Waals surface area contributed by atoms with Crippen LogP contribution in [0.4, 0.5) is 0 Å². The number of rotatable bonds is 5. The van der Waals surface area contributed by atoms with Crippen LogP contribution in [0.2, 0.25) is 0 Å². The minimum atomic E-state index is -1.14. The zero-order valence-corrected chi connectivity index (χ0v) is 13.2. The van der Waals surface area contributed by atoms with Gasteiger partial charge >= 0.3 is 0 Å². The Bertz CT molecular complexity index is 531. The minimum absolute atomic E-state index is 0.0260. The monoisotopic (exact) mass is 294 g/mol. The van der Waals surface area contributed by atoms with Gasteiger partial charge in [-0.25, -0.2) is 0 Å². The number of hydrogen-bond donors (Lipinski definition) is 0. The summed E-state index contributed by atoms with van der Waals surface area (Å²) in [6.45, 7) is 6.72. The smallest absolute Gasteiger partial charge is 0.175 e. The third-order valence-corrected chi connectivity index (χ3v) is 5.16. The molecule has 0 aromatic heterocycles. The molecule has 20 heavy (non-hydrogen) atoms. The van der Waals surface area contributed by atoms with Crippen LogP contribution in [0.1, 0.15) is 39.9 Å². The van der Waals surface area contributed by atoms with Crippen molar-refractivity contribution >= 4 is 16.6 Å². The number of ether oxygens (including phenoxy) is 1. The molecule has 1 aliphatic rings. The SMILES string of the molecule is Cc1cc(C)c(C(=O)CS(=O)CC2CCCO2)cc1C. The third-order valence-electron chi connectivity index (χ3n) is 3.83. The standard InChI is InChI=1S/C16H22O3S/c1-11-7-13(3)15(8-12(11)2)16(17)10-20(18)9-14-5-4-6-19-14/h7-8,14H,4-6,9-10H2,1-3H3. The van der Waals surface area contributed by atoms with Crippen molar-refractivity contribution in [3.8, 4) is 0 Å². The molecule has 2 rings (SSSR count). The topological polar surface area (TPSA) is 43.4 Å². The van der Waals surface area contributed by atoms with Crippen LogP contribution in [-0.2, 0) is 15.5 Å². The first kappa shape index (κ1) is 15.4. The molecule has 1 fully saturated rings. The Balaban J connectivity index is 2.00. The van der Waals surface area contributed by atoms with E-state index in [9.17, 15) is 9.00 Å². The minimum Gasteiger partial charge on any atom is -0.377 e. The predicted octanol–water partition coefficient (Wildman–Crippen LogP) is 2.72. The van der Waals surface area contributed by atoms with Crippen molar-refractivity contribution in [1.29, 1.82) is 0 Å². The van der Waals surface area contributed by atoms with Crippen molar-refractivity contribution in [2.75, 3.05) is 18.1 Å². The van der Waals surface area contributed by atoms with Crippen LogP contribution in [0, 0.1) is 20.8 Å². The highest BCUT2D eigenvalue weighted by atomic mass is 32.2. The van der Waals surface area contributed by atoms with Crippen LogP contribution in [0.3, 0.4) is 0 Å². The Morgan fingerprint density at radius 3 is 2.60 bits per heavy atom. The van der Waals surface area contributed by atoms with Gasteiger partial charge in [0.2, 0.25) is 0 Å². The highest BCUT2D eigenvalue weighted by Gasteiger charge is 2.21. The quantitative estimate of drug-likeness (QED) is 0.784. The fourth-order valence-corrected chi connectivity index (χ4v) is 3.77. The molecule has 0 radical (unpaired) electrons. The van der Waals surface area contributed by atoms with Crippen LogP contribution in [0.25, 0.3) is 0 Å². The summed E-state index contributed by atoms with van der Waals surface area (Å²) >= 11 is 0. The maximum Gasteiger partial charge on any atom is 0.175 e. The Labute approximate surface area is 123 Å². The Hall–Kier alpha value is -1.00. The molecule has 2 unspecified atom stereocenters. The lowest BCUT2D eigenvalue weighted by Crippen LogP contribution is -2.21.